The van der Waals surface area contributed by atoms with Gasteiger partial charge in [-0.15, -0.1) is 0 Å². The van der Waals surface area contributed by atoms with Gasteiger partial charge in [-0.2, -0.15) is 5.26 Å². The van der Waals surface area contributed by atoms with Gasteiger partial charge in [-0.25, -0.2) is 0 Å². The van der Waals surface area contributed by atoms with Gasteiger partial charge < -0.3 is 10.3 Å². The lowest BCUT2D eigenvalue weighted by molar-refractivity contribution is 0.633. The van der Waals surface area contributed by atoms with Gasteiger partial charge in [-0.1, -0.05) is 29.3 Å². The number of benzene rings is 1. The van der Waals surface area contributed by atoms with Crippen LogP contribution in [0, 0.1) is 25.2 Å². The third-order valence-corrected chi connectivity index (χ3v) is 4.27. The molecule has 0 saturated heterocycles. The maximum Gasteiger partial charge on any atom is 0.122 e. The van der Waals surface area contributed by atoms with Crippen LogP contribution < -0.4 is 5.73 Å². The maximum atomic E-state index is 9.19. The van der Waals surface area contributed by atoms with Crippen LogP contribution in [0.4, 0.5) is 5.82 Å². The number of aromatic nitrogens is 1. The molecule has 2 rings (SSSR count). The summed E-state index contributed by atoms with van der Waals surface area (Å²) in [6.07, 6.45) is 0. The van der Waals surface area contributed by atoms with Crippen LogP contribution in [0.2, 0.25) is 10.0 Å². The third-order valence-electron chi connectivity index (χ3n) is 3.71. The van der Waals surface area contributed by atoms with E-state index < -0.39 is 0 Å². The van der Waals surface area contributed by atoms with Crippen molar-refractivity contribution in [1.82, 2.24) is 4.57 Å². The molecule has 0 aliphatic heterocycles. The first-order chi connectivity index (χ1) is 9.38. The second-order valence-electron chi connectivity index (χ2n) is 4.79. The highest BCUT2D eigenvalue weighted by Crippen LogP contribution is 2.34. The van der Waals surface area contributed by atoms with Gasteiger partial charge >= 0.3 is 0 Å². The Labute approximate surface area is 128 Å². The lowest BCUT2D eigenvalue weighted by atomic mass is 10.1. The maximum absolute atomic E-state index is 9.19. The Morgan fingerprint density at radius 3 is 2.45 bits per heavy atom. The number of halogens is 2. The molecule has 2 aromatic rings. The van der Waals surface area contributed by atoms with Gasteiger partial charge in [0.25, 0.3) is 0 Å². The van der Waals surface area contributed by atoms with E-state index in [1.807, 2.05) is 31.4 Å². The minimum atomic E-state index is -0.0689. The van der Waals surface area contributed by atoms with Crippen molar-refractivity contribution < 1.29 is 0 Å². The highest BCUT2D eigenvalue weighted by atomic mass is 35.5. The first-order valence-electron chi connectivity index (χ1n) is 6.20. The number of nitrogens with two attached hydrogens (primary N) is 1. The van der Waals surface area contributed by atoms with E-state index in [-0.39, 0.29) is 6.04 Å². The van der Waals surface area contributed by atoms with Crippen molar-refractivity contribution in [3.05, 3.63) is 50.6 Å². The Bertz CT molecular complexity index is 711. The Hall–Kier alpha value is -1.63. The van der Waals surface area contributed by atoms with E-state index in [4.69, 9.17) is 28.9 Å². The molecule has 0 radical (unpaired) electrons. The molecule has 0 spiro atoms. The zero-order valence-electron chi connectivity index (χ0n) is 11.5. The summed E-state index contributed by atoms with van der Waals surface area (Å²) in [6, 6.07) is 7.48. The lowest BCUT2D eigenvalue weighted by Gasteiger charge is -2.20. The first kappa shape index (κ1) is 14.8. The predicted molar refractivity (Wildman–Crippen MR) is 83.3 cm³/mol. The van der Waals surface area contributed by atoms with Gasteiger partial charge in [0.15, 0.2) is 0 Å². The summed E-state index contributed by atoms with van der Waals surface area (Å²) in [5.74, 6) is 0.473. The molecule has 0 bridgehead atoms. The minimum Gasteiger partial charge on any atom is -0.384 e. The number of rotatable bonds is 2. The van der Waals surface area contributed by atoms with Crippen molar-refractivity contribution in [2.45, 2.75) is 26.8 Å². The summed E-state index contributed by atoms with van der Waals surface area (Å²) < 4.78 is 1.93. The molecule has 2 N–H and O–H groups in total. The molecule has 20 heavy (non-hydrogen) atoms. The van der Waals surface area contributed by atoms with Gasteiger partial charge in [-0.3, -0.25) is 0 Å². The van der Waals surface area contributed by atoms with E-state index in [1.54, 1.807) is 12.1 Å². The summed E-state index contributed by atoms with van der Waals surface area (Å²) in [5, 5.41) is 10.4. The summed E-state index contributed by atoms with van der Waals surface area (Å²) >= 11 is 12.2. The number of nitrogens with zero attached hydrogens (tertiary/aromatic N) is 2. The molecule has 0 fully saturated rings. The van der Waals surface area contributed by atoms with Crippen LogP contribution in [-0.2, 0) is 0 Å². The quantitative estimate of drug-likeness (QED) is 0.889. The number of nitriles is 1. The van der Waals surface area contributed by atoms with Crippen LogP contribution in [-0.4, -0.2) is 4.57 Å². The fourth-order valence-electron chi connectivity index (χ4n) is 2.47. The van der Waals surface area contributed by atoms with Crippen LogP contribution in [0.25, 0.3) is 0 Å². The second kappa shape index (κ2) is 5.40. The standard InChI is InChI=1S/C15H15Cl2N3/c1-8-9(2)20(15(19)13(8)7-18)10(3)12-5-4-11(16)6-14(12)17/h4-6,10H,19H2,1-3H3. The van der Waals surface area contributed by atoms with Crippen molar-refractivity contribution in [2.24, 2.45) is 0 Å². The van der Waals surface area contributed by atoms with Crippen LogP contribution in [0.15, 0.2) is 18.2 Å². The number of hydrogen-bond acceptors (Lipinski definition) is 2. The zero-order chi connectivity index (χ0) is 15.0. The zero-order valence-corrected chi connectivity index (χ0v) is 13.0. The number of anilines is 1. The SMILES string of the molecule is Cc1c(C#N)c(N)n(C(C)c2ccc(Cl)cc2Cl)c1C. The fraction of sp³-hybridized carbons (Fsp3) is 0.267. The molecular weight excluding hydrogens is 293 g/mol. The van der Waals surface area contributed by atoms with Crippen molar-refractivity contribution >= 4 is 29.0 Å². The fourth-order valence-corrected chi connectivity index (χ4v) is 3.04. The van der Waals surface area contributed by atoms with Crippen molar-refractivity contribution in [1.29, 1.82) is 5.26 Å². The summed E-state index contributed by atoms with van der Waals surface area (Å²) in [7, 11) is 0. The van der Waals surface area contributed by atoms with E-state index in [0.29, 0.717) is 21.4 Å². The van der Waals surface area contributed by atoms with Gasteiger partial charge in [0.2, 0.25) is 0 Å². The highest BCUT2D eigenvalue weighted by molar-refractivity contribution is 6.35. The molecule has 1 aromatic carbocycles. The second-order valence-corrected chi connectivity index (χ2v) is 5.64. The molecule has 1 heterocycles. The average molecular weight is 308 g/mol. The molecular formula is C15H15Cl2N3. The summed E-state index contributed by atoms with van der Waals surface area (Å²) in [4.78, 5) is 0. The monoisotopic (exact) mass is 307 g/mol. The largest absolute Gasteiger partial charge is 0.384 e. The molecule has 104 valence electrons. The molecule has 5 heteroatoms. The molecule has 0 aliphatic rings. The van der Waals surface area contributed by atoms with Gasteiger partial charge in [0.05, 0.1) is 11.6 Å². The third kappa shape index (κ3) is 2.26. The molecule has 3 nitrogen and oxygen atoms in total. The molecule has 0 amide bonds. The Kier molecular flexibility index (Phi) is 3.99. The number of nitrogen functional groups attached to an aromatic ring is 1. The highest BCUT2D eigenvalue weighted by Gasteiger charge is 2.21. The van der Waals surface area contributed by atoms with E-state index in [9.17, 15) is 5.26 Å². The van der Waals surface area contributed by atoms with Crippen molar-refractivity contribution in [3.63, 3.8) is 0 Å². The minimum absolute atomic E-state index is 0.0689. The van der Waals surface area contributed by atoms with Gasteiger partial charge in [0.1, 0.15) is 11.9 Å². The van der Waals surface area contributed by atoms with Crippen molar-refractivity contribution in [2.75, 3.05) is 5.73 Å². The molecule has 1 aromatic heterocycles. The Balaban J connectivity index is 2.60. The van der Waals surface area contributed by atoms with Gasteiger partial charge in [0, 0.05) is 15.7 Å². The van der Waals surface area contributed by atoms with E-state index >= 15 is 0 Å². The topological polar surface area (TPSA) is 54.7 Å². The summed E-state index contributed by atoms with van der Waals surface area (Å²) in [6.45, 7) is 5.85. The van der Waals surface area contributed by atoms with E-state index in [0.717, 1.165) is 16.8 Å². The Morgan fingerprint density at radius 1 is 1.30 bits per heavy atom. The van der Waals surface area contributed by atoms with Crippen LogP contribution in [0.5, 0.6) is 0 Å². The van der Waals surface area contributed by atoms with Crippen molar-refractivity contribution in [3.8, 4) is 6.07 Å². The molecule has 1 atom stereocenters. The number of hydrogen-bond donors (Lipinski definition) is 1. The van der Waals surface area contributed by atoms with Crippen LogP contribution in [0.3, 0.4) is 0 Å². The summed E-state index contributed by atoms with van der Waals surface area (Å²) in [5.41, 5.74) is 9.43. The van der Waals surface area contributed by atoms with E-state index in [2.05, 4.69) is 6.07 Å². The molecule has 0 saturated carbocycles. The Morgan fingerprint density at radius 2 is 1.95 bits per heavy atom. The predicted octanol–water partition coefficient (Wildman–Crippen LogP) is 4.47. The van der Waals surface area contributed by atoms with Crippen LogP contribution >= 0.6 is 23.2 Å². The van der Waals surface area contributed by atoms with E-state index in [1.165, 1.54) is 0 Å². The first-order valence-corrected chi connectivity index (χ1v) is 6.96. The lowest BCUT2D eigenvalue weighted by Crippen LogP contribution is -2.12. The molecule has 1 unspecified atom stereocenters. The van der Waals surface area contributed by atoms with Gasteiger partial charge in [-0.05, 0) is 44.0 Å². The van der Waals surface area contributed by atoms with Crippen LogP contribution in [0.1, 0.15) is 35.3 Å². The smallest absolute Gasteiger partial charge is 0.122 e. The normalized spacial score (nSPS) is 12.2. The average Bonchev–Trinajstić information content (AvgIpc) is 2.59. The molecule has 0 aliphatic carbocycles.